The number of benzene rings is 2. The van der Waals surface area contributed by atoms with Gasteiger partial charge in [-0.1, -0.05) is 6.07 Å². The average Bonchev–Trinajstić information content (AvgIpc) is 2.63. The molecule has 8 nitrogen and oxygen atoms in total. The van der Waals surface area contributed by atoms with Crippen LogP contribution in [0.25, 0.3) is 0 Å². The number of nitrogens with zero attached hydrogens (tertiary/aromatic N) is 1. The molecule has 0 aromatic heterocycles. The van der Waals surface area contributed by atoms with Crippen LogP contribution in [-0.2, 0) is 9.53 Å². The first kappa shape index (κ1) is 19.8. The molecule has 0 heterocycles. The van der Waals surface area contributed by atoms with Gasteiger partial charge in [-0.2, -0.15) is 0 Å². The number of nitro benzene ring substituents is 1. The van der Waals surface area contributed by atoms with Crippen molar-refractivity contribution in [2.45, 2.75) is 20.0 Å². The molecule has 0 bridgehead atoms. The average molecular weight is 376 g/mol. The zero-order valence-corrected chi connectivity index (χ0v) is 14.8. The number of ether oxygens (including phenoxy) is 2. The monoisotopic (exact) mass is 376 g/mol. The van der Waals surface area contributed by atoms with Crippen molar-refractivity contribution in [3.05, 3.63) is 63.5 Å². The van der Waals surface area contributed by atoms with Crippen LogP contribution in [0, 0.1) is 22.9 Å². The SMILES string of the molecule is COc1ccc(NC(=O)[C@@H](C)OC(=O)c2ccc(C)c(F)c2)c([N+](=O)[O-])c1. The fourth-order valence-corrected chi connectivity index (χ4v) is 2.13. The Balaban J connectivity index is 2.10. The molecule has 1 N–H and O–H groups in total. The van der Waals surface area contributed by atoms with Gasteiger partial charge in [-0.15, -0.1) is 0 Å². The highest BCUT2D eigenvalue weighted by molar-refractivity contribution is 5.98. The van der Waals surface area contributed by atoms with Crippen LogP contribution in [0.2, 0.25) is 0 Å². The topological polar surface area (TPSA) is 108 Å². The van der Waals surface area contributed by atoms with Crippen LogP contribution in [0.1, 0.15) is 22.8 Å². The van der Waals surface area contributed by atoms with E-state index < -0.39 is 28.7 Å². The Morgan fingerprint density at radius 2 is 1.93 bits per heavy atom. The number of anilines is 1. The molecule has 142 valence electrons. The lowest BCUT2D eigenvalue weighted by Gasteiger charge is -2.14. The number of methoxy groups -OCH3 is 1. The molecule has 0 radical (unpaired) electrons. The maximum atomic E-state index is 13.5. The Kier molecular flexibility index (Phi) is 6.07. The third-order valence-corrected chi connectivity index (χ3v) is 3.72. The molecule has 0 aliphatic heterocycles. The van der Waals surface area contributed by atoms with E-state index in [9.17, 15) is 24.1 Å². The van der Waals surface area contributed by atoms with Gasteiger partial charge < -0.3 is 14.8 Å². The highest BCUT2D eigenvalue weighted by Crippen LogP contribution is 2.29. The fraction of sp³-hybridized carbons (Fsp3) is 0.222. The lowest BCUT2D eigenvalue weighted by molar-refractivity contribution is -0.384. The summed E-state index contributed by atoms with van der Waals surface area (Å²) in [5, 5.41) is 13.5. The first-order valence-electron chi connectivity index (χ1n) is 7.83. The van der Waals surface area contributed by atoms with E-state index in [4.69, 9.17) is 9.47 Å². The predicted octanol–water partition coefficient (Wildman–Crippen LogP) is 3.23. The number of rotatable bonds is 6. The molecule has 2 aromatic rings. The van der Waals surface area contributed by atoms with Crippen molar-refractivity contribution in [1.82, 2.24) is 0 Å². The van der Waals surface area contributed by atoms with Gasteiger partial charge in [-0.05, 0) is 43.7 Å². The molecule has 0 aliphatic carbocycles. The van der Waals surface area contributed by atoms with Crippen LogP contribution in [0.3, 0.4) is 0 Å². The van der Waals surface area contributed by atoms with Gasteiger partial charge in [0.2, 0.25) is 0 Å². The number of amides is 1. The van der Waals surface area contributed by atoms with Crippen molar-refractivity contribution < 1.29 is 28.4 Å². The summed E-state index contributed by atoms with van der Waals surface area (Å²) >= 11 is 0. The molecule has 2 aromatic carbocycles. The summed E-state index contributed by atoms with van der Waals surface area (Å²) in [5.41, 5.74) is -0.130. The number of nitrogens with one attached hydrogen (secondary N) is 1. The van der Waals surface area contributed by atoms with Crippen LogP contribution < -0.4 is 10.1 Å². The zero-order valence-electron chi connectivity index (χ0n) is 14.8. The number of carbonyl (C=O) groups is 2. The Hall–Kier alpha value is -3.49. The smallest absolute Gasteiger partial charge is 0.339 e. The first-order valence-corrected chi connectivity index (χ1v) is 7.83. The van der Waals surface area contributed by atoms with Crippen LogP contribution >= 0.6 is 0 Å². The molecular formula is C18H17FN2O6. The fourth-order valence-electron chi connectivity index (χ4n) is 2.13. The molecule has 2 rings (SSSR count). The minimum atomic E-state index is -1.26. The second-order valence-electron chi connectivity index (χ2n) is 5.64. The van der Waals surface area contributed by atoms with Gasteiger partial charge in [-0.25, -0.2) is 9.18 Å². The van der Waals surface area contributed by atoms with Crippen LogP contribution in [0.15, 0.2) is 36.4 Å². The van der Waals surface area contributed by atoms with Gasteiger partial charge in [-0.3, -0.25) is 14.9 Å². The standard InChI is InChI=1S/C18H17FN2O6/c1-10-4-5-12(8-14(10)19)18(23)27-11(2)17(22)20-15-7-6-13(26-3)9-16(15)21(24)25/h4-9,11H,1-3H3,(H,20,22)/t11-/m1/s1. The van der Waals surface area contributed by atoms with Crippen LogP contribution in [-0.4, -0.2) is 30.0 Å². The Bertz CT molecular complexity index is 899. The minimum absolute atomic E-state index is 0.0480. The van der Waals surface area contributed by atoms with E-state index in [1.807, 2.05) is 0 Å². The van der Waals surface area contributed by atoms with Gasteiger partial charge in [0.25, 0.3) is 11.6 Å². The van der Waals surface area contributed by atoms with E-state index in [1.54, 1.807) is 6.92 Å². The Labute approximate surface area is 154 Å². The van der Waals surface area contributed by atoms with Gasteiger partial charge in [0.15, 0.2) is 6.10 Å². The van der Waals surface area contributed by atoms with Crippen molar-refractivity contribution in [1.29, 1.82) is 0 Å². The van der Waals surface area contributed by atoms with E-state index >= 15 is 0 Å². The summed E-state index contributed by atoms with van der Waals surface area (Å²) in [4.78, 5) is 34.7. The first-order chi connectivity index (χ1) is 12.7. The quantitative estimate of drug-likeness (QED) is 0.471. The Morgan fingerprint density at radius 1 is 1.22 bits per heavy atom. The van der Waals surface area contributed by atoms with E-state index in [1.165, 1.54) is 38.3 Å². The molecule has 0 saturated heterocycles. The number of esters is 1. The van der Waals surface area contributed by atoms with Gasteiger partial charge in [0, 0.05) is 0 Å². The third-order valence-electron chi connectivity index (χ3n) is 3.72. The van der Waals surface area contributed by atoms with Gasteiger partial charge in [0.05, 0.1) is 23.7 Å². The normalized spacial score (nSPS) is 11.4. The molecule has 27 heavy (non-hydrogen) atoms. The summed E-state index contributed by atoms with van der Waals surface area (Å²) in [5.74, 6) is -1.99. The van der Waals surface area contributed by atoms with Gasteiger partial charge >= 0.3 is 5.97 Å². The molecule has 9 heteroatoms. The van der Waals surface area contributed by atoms with Gasteiger partial charge in [0.1, 0.15) is 17.3 Å². The molecule has 0 aliphatic rings. The second-order valence-corrected chi connectivity index (χ2v) is 5.64. The molecule has 0 unspecified atom stereocenters. The van der Waals surface area contributed by atoms with Crippen LogP contribution in [0.4, 0.5) is 15.8 Å². The predicted molar refractivity (Wildman–Crippen MR) is 94.3 cm³/mol. The lowest BCUT2D eigenvalue weighted by atomic mass is 10.1. The summed E-state index contributed by atoms with van der Waals surface area (Å²) in [6.07, 6.45) is -1.26. The molecular weight excluding hydrogens is 359 g/mol. The lowest BCUT2D eigenvalue weighted by Crippen LogP contribution is -2.30. The highest BCUT2D eigenvalue weighted by atomic mass is 19.1. The van der Waals surface area contributed by atoms with E-state index in [2.05, 4.69) is 5.32 Å². The molecule has 1 amide bonds. The van der Waals surface area contributed by atoms with E-state index in [0.717, 1.165) is 12.1 Å². The largest absolute Gasteiger partial charge is 0.496 e. The molecule has 0 saturated carbocycles. The summed E-state index contributed by atoms with van der Waals surface area (Å²) in [7, 11) is 1.35. The number of hydrogen-bond donors (Lipinski definition) is 1. The second kappa shape index (κ2) is 8.26. The highest BCUT2D eigenvalue weighted by Gasteiger charge is 2.23. The van der Waals surface area contributed by atoms with E-state index in [0.29, 0.717) is 5.56 Å². The molecule has 0 fully saturated rings. The maximum Gasteiger partial charge on any atom is 0.339 e. The number of halogens is 1. The number of carbonyl (C=O) groups excluding carboxylic acids is 2. The number of hydrogen-bond acceptors (Lipinski definition) is 6. The summed E-state index contributed by atoms with van der Waals surface area (Å²) in [6.45, 7) is 2.84. The minimum Gasteiger partial charge on any atom is -0.496 e. The zero-order chi connectivity index (χ0) is 20.1. The number of nitro groups is 1. The summed E-state index contributed by atoms with van der Waals surface area (Å²) < 4.78 is 23.5. The third kappa shape index (κ3) is 4.78. The number of aryl methyl sites for hydroxylation is 1. The van der Waals surface area contributed by atoms with Crippen molar-refractivity contribution >= 4 is 23.3 Å². The Morgan fingerprint density at radius 3 is 2.52 bits per heavy atom. The van der Waals surface area contributed by atoms with Crippen molar-refractivity contribution in [2.75, 3.05) is 12.4 Å². The molecule has 1 atom stereocenters. The summed E-state index contributed by atoms with van der Waals surface area (Å²) in [6, 6.07) is 7.70. The maximum absolute atomic E-state index is 13.5. The van der Waals surface area contributed by atoms with Crippen molar-refractivity contribution in [3.63, 3.8) is 0 Å². The van der Waals surface area contributed by atoms with E-state index in [-0.39, 0.29) is 22.7 Å². The van der Waals surface area contributed by atoms with Crippen molar-refractivity contribution in [3.8, 4) is 5.75 Å². The van der Waals surface area contributed by atoms with Crippen molar-refractivity contribution in [2.24, 2.45) is 0 Å². The molecule has 0 spiro atoms. The van der Waals surface area contributed by atoms with Crippen LogP contribution in [0.5, 0.6) is 5.75 Å².